The number of rotatable bonds is 7. The molecule has 0 saturated carbocycles. The van der Waals surface area contributed by atoms with Crippen LogP contribution in [0.3, 0.4) is 0 Å². The summed E-state index contributed by atoms with van der Waals surface area (Å²) < 4.78 is 164. The van der Waals surface area contributed by atoms with Crippen LogP contribution in [0.25, 0.3) is 0 Å². The Kier molecular flexibility index (Phi) is 2.86. The number of nitrogens with two attached hydrogens (primary N) is 1. The van der Waals surface area contributed by atoms with Crippen LogP contribution in [-0.4, -0.2) is 50.2 Å². The van der Waals surface area contributed by atoms with Crippen molar-refractivity contribution in [3.8, 4) is 11.5 Å². The Labute approximate surface area is 206 Å². The van der Waals surface area contributed by atoms with Gasteiger partial charge in [0, 0.05) is 46.5 Å². The molecule has 0 amide bonds. The standard InChI is InChI=1S/C24H38N2O4/c1-14(2)9-17-13-26-8-7-16-10-21(28-5)22(29-6)11-18(16)19(26)12-20(17)30-24(27)23(25)15(3)4/h10-11,14-15,17,19-20,23H,7-9,12-13,25H2,1-6H3/t17?,19?,20?,23-/m0/s1/i3D3,4D3,6D3,7D2,8D2,10D,11D,15D,19D,23D. The second-order valence-corrected chi connectivity index (χ2v) is 7.58. The van der Waals surface area contributed by atoms with Gasteiger partial charge in [-0.25, -0.2) is 0 Å². The van der Waals surface area contributed by atoms with Gasteiger partial charge in [0.1, 0.15) is 12.1 Å². The van der Waals surface area contributed by atoms with Crippen molar-refractivity contribution < 1.29 is 43.7 Å². The molecule has 0 aliphatic carbocycles. The van der Waals surface area contributed by atoms with Gasteiger partial charge in [0.15, 0.2) is 11.5 Å². The van der Waals surface area contributed by atoms with Gasteiger partial charge < -0.3 is 19.9 Å². The first kappa shape index (κ1) is 8.99. The highest BCUT2D eigenvalue weighted by Crippen LogP contribution is 2.44. The summed E-state index contributed by atoms with van der Waals surface area (Å²) in [6, 6.07) is -8.23. The minimum Gasteiger partial charge on any atom is -0.493 e. The Hall–Kier alpha value is -1.79. The van der Waals surface area contributed by atoms with Crippen molar-refractivity contribution in [2.24, 2.45) is 23.5 Å². The summed E-state index contributed by atoms with van der Waals surface area (Å²) in [5, 5.41) is 0. The first-order valence-corrected chi connectivity index (χ1v) is 9.44. The second-order valence-electron chi connectivity index (χ2n) is 7.58. The molecule has 0 aromatic heterocycles. The van der Waals surface area contributed by atoms with Gasteiger partial charge in [-0.1, -0.05) is 27.6 Å². The predicted octanol–water partition coefficient (Wildman–Crippen LogP) is 3.56. The van der Waals surface area contributed by atoms with Crippen LogP contribution in [-0.2, 0) is 15.9 Å². The van der Waals surface area contributed by atoms with E-state index in [2.05, 4.69) is 0 Å². The van der Waals surface area contributed by atoms with Crippen molar-refractivity contribution in [3.63, 3.8) is 0 Å². The molecule has 3 unspecified atom stereocenters. The number of piperidine rings is 1. The van der Waals surface area contributed by atoms with E-state index in [9.17, 15) is 6.17 Å². The minimum atomic E-state index is -3.91. The highest BCUT2D eigenvalue weighted by atomic mass is 16.5. The molecule has 168 valence electrons. The fourth-order valence-electron chi connectivity index (χ4n) is 3.67. The highest BCUT2D eigenvalue weighted by molar-refractivity contribution is 5.76. The molecule has 1 saturated heterocycles. The molecular weight excluding hydrogens is 380 g/mol. The monoisotopic (exact) mass is 436 g/mol. The molecule has 1 aromatic carbocycles. The fraction of sp³-hybridized carbons (Fsp3) is 0.708. The minimum absolute atomic E-state index is 0.101. The topological polar surface area (TPSA) is 74.0 Å². The van der Waals surface area contributed by atoms with Gasteiger partial charge in [-0.2, -0.15) is 0 Å². The molecule has 3 rings (SSSR count). The highest BCUT2D eigenvalue weighted by Gasteiger charge is 2.41. The lowest BCUT2D eigenvalue weighted by molar-refractivity contribution is -0.160. The number of benzene rings is 1. The zero-order valence-corrected chi connectivity index (χ0v) is 17.0. The van der Waals surface area contributed by atoms with Crippen LogP contribution in [0.15, 0.2) is 12.1 Å². The van der Waals surface area contributed by atoms with Crippen LogP contribution in [0.5, 0.6) is 11.5 Å². The van der Waals surface area contributed by atoms with Crippen molar-refractivity contribution in [2.75, 3.05) is 27.2 Å². The molecule has 0 radical (unpaired) electrons. The molecule has 2 aliphatic rings. The van der Waals surface area contributed by atoms with E-state index in [0.29, 0.717) is 0 Å². The van der Waals surface area contributed by atoms with Crippen LogP contribution in [0.4, 0.5) is 0 Å². The Morgan fingerprint density at radius 1 is 1.43 bits per heavy atom. The number of hydrogen-bond donors (Lipinski definition) is 1. The SMILES string of the molecule is [2H]c1c(OC([2H])([2H])[2H])c(OC)c([2H])c2c1C1([2H])CC(OC(=O)[C@@]([2H])(N)C([2H])(C([2H])([2H])[2H])C([2H])([2H])[2H])C(CC(C)C)CN1C([2H])([2H])C2([2H])[2H]. The molecule has 2 aliphatic heterocycles. The summed E-state index contributed by atoms with van der Waals surface area (Å²) >= 11 is 0. The summed E-state index contributed by atoms with van der Waals surface area (Å²) in [5.41, 5.74) is 4.18. The van der Waals surface area contributed by atoms with E-state index in [1.54, 1.807) is 13.8 Å². The number of fused-ring (bicyclic) bond motifs is 3. The Morgan fingerprint density at radius 2 is 2.20 bits per heavy atom. The van der Waals surface area contributed by atoms with Crippen LogP contribution < -0.4 is 15.2 Å². The van der Waals surface area contributed by atoms with E-state index < -0.39 is 117 Å². The van der Waals surface area contributed by atoms with Crippen LogP contribution in [0.1, 0.15) is 82.2 Å². The quantitative estimate of drug-likeness (QED) is 0.659. The maximum absolute atomic E-state index is 13.5. The molecule has 6 heteroatoms. The molecule has 1 aromatic rings. The van der Waals surface area contributed by atoms with Gasteiger partial charge >= 0.3 is 5.97 Å². The van der Waals surface area contributed by atoms with Gasteiger partial charge in [0.05, 0.1) is 23.7 Å². The van der Waals surface area contributed by atoms with Crippen LogP contribution in [0, 0.1) is 17.7 Å². The number of nitrogens with zero attached hydrogens (tertiary/aromatic N) is 1. The maximum atomic E-state index is 13.5. The maximum Gasteiger partial charge on any atom is 0.323 e. The third-order valence-electron chi connectivity index (χ3n) is 5.03. The number of methoxy groups -OCH3 is 2. The summed E-state index contributed by atoms with van der Waals surface area (Å²) in [7, 11) is -2.24. The second kappa shape index (κ2) is 9.56. The number of esters is 1. The molecule has 30 heavy (non-hydrogen) atoms. The van der Waals surface area contributed by atoms with Gasteiger partial charge in [-0.3, -0.25) is 9.69 Å². The fourth-order valence-corrected chi connectivity index (χ4v) is 3.67. The Morgan fingerprint density at radius 3 is 2.87 bits per heavy atom. The Balaban J connectivity index is 2.33. The van der Waals surface area contributed by atoms with Crippen LogP contribution in [0.2, 0.25) is 0 Å². The summed E-state index contributed by atoms with van der Waals surface area (Å²) in [4.78, 5) is 14.3. The van der Waals surface area contributed by atoms with Crippen molar-refractivity contribution in [1.82, 2.24) is 4.90 Å². The molecule has 0 bridgehead atoms. The van der Waals surface area contributed by atoms with E-state index in [-0.39, 0.29) is 12.3 Å². The smallest absolute Gasteiger partial charge is 0.323 e. The van der Waals surface area contributed by atoms with Crippen LogP contribution >= 0.6 is 0 Å². The zero-order chi connectivity index (χ0) is 37.6. The third-order valence-corrected chi connectivity index (χ3v) is 5.03. The van der Waals surface area contributed by atoms with E-state index in [0.717, 1.165) is 12.0 Å². The molecule has 2 heterocycles. The number of carbonyl (C=O) groups excluding carboxylic acids is 1. The van der Waals surface area contributed by atoms with Crippen molar-refractivity contribution >= 4 is 5.97 Å². The largest absolute Gasteiger partial charge is 0.493 e. The average Bonchev–Trinajstić information content (AvgIpc) is 2.87. The van der Waals surface area contributed by atoms with E-state index in [4.69, 9.17) is 43.2 Å². The molecule has 4 atom stereocenters. The first-order valence-electron chi connectivity index (χ1n) is 18.4. The van der Waals surface area contributed by atoms with Crippen molar-refractivity contribution in [1.29, 1.82) is 0 Å². The lowest BCUT2D eigenvalue weighted by Gasteiger charge is -2.47. The van der Waals surface area contributed by atoms with Gasteiger partial charge in [0.25, 0.3) is 0 Å². The summed E-state index contributed by atoms with van der Waals surface area (Å²) in [6.45, 7) is -7.82. The van der Waals surface area contributed by atoms with E-state index in [1.165, 1.54) is 0 Å². The van der Waals surface area contributed by atoms with E-state index in [1.807, 2.05) is 0 Å². The van der Waals surface area contributed by atoms with Gasteiger partial charge in [-0.05, 0) is 47.8 Å². The number of carbonyl (C=O) groups is 1. The lowest BCUT2D eigenvalue weighted by Crippen LogP contribution is -2.51. The number of ether oxygens (including phenoxy) is 3. The normalized spacial score (nSPS) is 42.2. The molecular formula is C24H38N2O4. The summed E-state index contributed by atoms with van der Waals surface area (Å²) in [5.74, 6) is -8.66. The Bertz CT molecular complexity index is 1410. The molecule has 2 N–H and O–H groups in total. The summed E-state index contributed by atoms with van der Waals surface area (Å²) in [6.07, 6.45) is -5.47. The van der Waals surface area contributed by atoms with Crippen molar-refractivity contribution in [2.45, 2.75) is 64.9 Å². The lowest BCUT2D eigenvalue weighted by atomic mass is 9.79. The predicted molar refractivity (Wildman–Crippen MR) is 118 cm³/mol. The number of hydrogen-bond acceptors (Lipinski definition) is 6. The van der Waals surface area contributed by atoms with E-state index >= 15 is 0 Å². The molecule has 6 nitrogen and oxygen atoms in total. The first-order chi connectivity index (χ1) is 21.3. The average molecular weight is 437 g/mol. The molecule has 1 fully saturated rings. The van der Waals surface area contributed by atoms with Crippen molar-refractivity contribution in [3.05, 3.63) is 23.2 Å². The van der Waals surface area contributed by atoms with Gasteiger partial charge in [-0.15, -0.1) is 0 Å². The molecule has 0 spiro atoms. The van der Waals surface area contributed by atoms with Gasteiger partial charge in [0.2, 0.25) is 0 Å². The zero-order valence-electron chi connectivity index (χ0n) is 35.0. The third kappa shape index (κ3) is 4.75.